The SMILES string of the molecule is C=CC/C(=C(/C)C=O)S(=O)(=O)c1ccc(C)cc1. The van der Waals surface area contributed by atoms with Gasteiger partial charge in [0.25, 0.3) is 0 Å². The first kappa shape index (κ1) is 14.4. The van der Waals surface area contributed by atoms with Gasteiger partial charge in [-0.05, 0) is 26.0 Å². The molecule has 96 valence electrons. The summed E-state index contributed by atoms with van der Waals surface area (Å²) in [5.41, 5.74) is 1.20. The number of hydrogen-bond donors (Lipinski definition) is 0. The maximum atomic E-state index is 12.4. The topological polar surface area (TPSA) is 51.2 Å². The third-order valence-electron chi connectivity index (χ3n) is 2.60. The van der Waals surface area contributed by atoms with E-state index >= 15 is 0 Å². The van der Waals surface area contributed by atoms with Crippen LogP contribution in [0.2, 0.25) is 0 Å². The van der Waals surface area contributed by atoms with Gasteiger partial charge in [-0.25, -0.2) is 8.42 Å². The number of rotatable bonds is 5. The fraction of sp³-hybridized carbons (Fsp3) is 0.214. The van der Waals surface area contributed by atoms with Crippen molar-refractivity contribution < 1.29 is 13.2 Å². The zero-order valence-corrected chi connectivity index (χ0v) is 11.3. The predicted octanol–water partition coefficient (Wildman–Crippen LogP) is 2.82. The van der Waals surface area contributed by atoms with Crippen LogP contribution in [0.25, 0.3) is 0 Å². The van der Waals surface area contributed by atoms with Crippen LogP contribution in [0.5, 0.6) is 0 Å². The summed E-state index contributed by atoms with van der Waals surface area (Å²) < 4.78 is 24.7. The lowest BCUT2D eigenvalue weighted by Crippen LogP contribution is -2.07. The lowest BCUT2D eigenvalue weighted by atomic mass is 10.2. The van der Waals surface area contributed by atoms with Crippen LogP contribution in [0.15, 0.2) is 52.3 Å². The Labute approximate surface area is 108 Å². The molecular weight excluding hydrogens is 248 g/mol. The Balaban J connectivity index is 3.39. The van der Waals surface area contributed by atoms with Crippen LogP contribution in [0.1, 0.15) is 18.9 Å². The summed E-state index contributed by atoms with van der Waals surface area (Å²) >= 11 is 0. The highest BCUT2D eigenvalue weighted by atomic mass is 32.2. The van der Waals surface area contributed by atoms with E-state index in [0.29, 0.717) is 6.29 Å². The van der Waals surface area contributed by atoms with Crippen LogP contribution in [-0.2, 0) is 14.6 Å². The van der Waals surface area contributed by atoms with E-state index in [-0.39, 0.29) is 21.8 Å². The molecule has 0 fully saturated rings. The zero-order chi connectivity index (χ0) is 13.8. The van der Waals surface area contributed by atoms with E-state index in [1.54, 1.807) is 24.3 Å². The summed E-state index contributed by atoms with van der Waals surface area (Å²) in [5, 5.41) is 0. The average Bonchev–Trinajstić information content (AvgIpc) is 2.35. The van der Waals surface area contributed by atoms with Gasteiger partial charge >= 0.3 is 0 Å². The van der Waals surface area contributed by atoms with Crippen LogP contribution in [0.3, 0.4) is 0 Å². The smallest absolute Gasteiger partial charge is 0.203 e. The largest absolute Gasteiger partial charge is 0.298 e. The fourth-order valence-corrected chi connectivity index (χ4v) is 3.13. The molecule has 0 aliphatic carbocycles. The van der Waals surface area contributed by atoms with Crippen LogP contribution in [0, 0.1) is 6.92 Å². The highest BCUT2D eigenvalue weighted by molar-refractivity contribution is 7.95. The number of aldehydes is 1. The third-order valence-corrected chi connectivity index (χ3v) is 4.63. The van der Waals surface area contributed by atoms with Crippen molar-refractivity contribution in [3.8, 4) is 0 Å². The Morgan fingerprint density at radius 1 is 1.28 bits per heavy atom. The molecule has 0 aromatic heterocycles. The summed E-state index contributed by atoms with van der Waals surface area (Å²) in [4.78, 5) is 11.1. The molecule has 0 aliphatic rings. The molecule has 1 rings (SSSR count). The molecule has 0 unspecified atom stereocenters. The maximum absolute atomic E-state index is 12.4. The second kappa shape index (κ2) is 5.78. The fourth-order valence-electron chi connectivity index (χ4n) is 1.54. The Morgan fingerprint density at radius 2 is 1.83 bits per heavy atom. The molecule has 4 heteroatoms. The molecule has 0 atom stereocenters. The van der Waals surface area contributed by atoms with Gasteiger partial charge in [0, 0.05) is 12.0 Å². The second-order valence-corrected chi connectivity index (χ2v) is 6.00. The number of carbonyl (C=O) groups excluding carboxylic acids is 1. The van der Waals surface area contributed by atoms with Gasteiger partial charge in [-0.1, -0.05) is 23.8 Å². The summed E-state index contributed by atoms with van der Waals surface area (Å²) in [6.07, 6.45) is 2.19. The quantitative estimate of drug-likeness (QED) is 0.467. The van der Waals surface area contributed by atoms with E-state index in [1.165, 1.54) is 13.0 Å². The zero-order valence-electron chi connectivity index (χ0n) is 10.5. The highest BCUT2D eigenvalue weighted by Crippen LogP contribution is 2.24. The van der Waals surface area contributed by atoms with Crippen molar-refractivity contribution in [2.24, 2.45) is 0 Å². The van der Waals surface area contributed by atoms with Gasteiger partial charge in [0.2, 0.25) is 9.84 Å². The molecule has 0 saturated heterocycles. The van der Waals surface area contributed by atoms with Gasteiger partial charge in [0.05, 0.1) is 9.80 Å². The van der Waals surface area contributed by atoms with Gasteiger partial charge in [-0.3, -0.25) is 4.79 Å². The minimum absolute atomic E-state index is 0.108. The number of aryl methyl sites for hydroxylation is 1. The van der Waals surface area contributed by atoms with Crippen molar-refractivity contribution in [1.82, 2.24) is 0 Å². The van der Waals surface area contributed by atoms with Gasteiger partial charge in [-0.2, -0.15) is 0 Å². The van der Waals surface area contributed by atoms with E-state index < -0.39 is 9.84 Å². The van der Waals surface area contributed by atoms with Gasteiger partial charge < -0.3 is 0 Å². The minimum atomic E-state index is -3.61. The van der Waals surface area contributed by atoms with Crippen LogP contribution in [-0.4, -0.2) is 14.7 Å². The van der Waals surface area contributed by atoms with Crippen LogP contribution >= 0.6 is 0 Å². The molecule has 0 radical (unpaired) electrons. The standard InChI is InChI=1S/C14H16O3S/c1-4-5-14(12(3)10-15)18(16,17)13-8-6-11(2)7-9-13/h4,6-10H,1,5H2,2-3H3/b14-12+. The van der Waals surface area contributed by atoms with Crippen molar-refractivity contribution in [3.63, 3.8) is 0 Å². The molecule has 0 amide bonds. The van der Waals surface area contributed by atoms with E-state index in [2.05, 4.69) is 6.58 Å². The van der Waals surface area contributed by atoms with Gasteiger partial charge in [-0.15, -0.1) is 6.58 Å². The van der Waals surface area contributed by atoms with Gasteiger partial charge in [0.1, 0.15) is 6.29 Å². The first-order valence-electron chi connectivity index (χ1n) is 5.51. The normalized spacial score (nSPS) is 12.8. The molecule has 1 aromatic rings. The van der Waals surface area contributed by atoms with E-state index in [1.807, 2.05) is 6.92 Å². The maximum Gasteiger partial charge on any atom is 0.203 e. The molecular formula is C14H16O3S. The number of carbonyl (C=O) groups is 1. The minimum Gasteiger partial charge on any atom is -0.298 e. The highest BCUT2D eigenvalue weighted by Gasteiger charge is 2.21. The average molecular weight is 264 g/mol. The van der Waals surface area contributed by atoms with Crippen LogP contribution in [0.4, 0.5) is 0 Å². The van der Waals surface area contributed by atoms with Crippen LogP contribution < -0.4 is 0 Å². The molecule has 1 aromatic carbocycles. The van der Waals surface area contributed by atoms with E-state index in [4.69, 9.17) is 0 Å². The molecule has 0 bridgehead atoms. The molecule has 0 N–H and O–H groups in total. The Morgan fingerprint density at radius 3 is 2.28 bits per heavy atom. The van der Waals surface area contributed by atoms with Crippen molar-refractivity contribution in [2.75, 3.05) is 0 Å². The molecule has 18 heavy (non-hydrogen) atoms. The molecule has 0 heterocycles. The number of sulfone groups is 1. The Hall–Kier alpha value is -1.68. The van der Waals surface area contributed by atoms with Crippen molar-refractivity contribution in [3.05, 3.63) is 53.0 Å². The molecule has 0 aliphatic heterocycles. The summed E-state index contributed by atoms with van der Waals surface area (Å²) in [6, 6.07) is 6.56. The number of benzene rings is 1. The Kier molecular flexibility index (Phi) is 4.62. The van der Waals surface area contributed by atoms with E-state index in [0.717, 1.165) is 5.56 Å². The van der Waals surface area contributed by atoms with Crippen molar-refractivity contribution in [1.29, 1.82) is 0 Å². The summed E-state index contributed by atoms with van der Waals surface area (Å²) in [5.74, 6) is 0. The number of hydrogen-bond acceptors (Lipinski definition) is 3. The lowest BCUT2D eigenvalue weighted by molar-refractivity contribution is -0.104. The van der Waals surface area contributed by atoms with E-state index in [9.17, 15) is 13.2 Å². The predicted molar refractivity (Wildman–Crippen MR) is 71.9 cm³/mol. The first-order chi connectivity index (χ1) is 8.43. The van der Waals surface area contributed by atoms with Crippen molar-refractivity contribution in [2.45, 2.75) is 25.2 Å². The number of allylic oxidation sites excluding steroid dienone is 3. The lowest BCUT2D eigenvalue weighted by Gasteiger charge is -2.09. The summed E-state index contributed by atoms with van der Waals surface area (Å²) in [7, 11) is -3.61. The molecule has 0 spiro atoms. The van der Waals surface area contributed by atoms with Crippen molar-refractivity contribution >= 4 is 16.1 Å². The monoisotopic (exact) mass is 264 g/mol. The van der Waals surface area contributed by atoms with Gasteiger partial charge in [0.15, 0.2) is 0 Å². The summed E-state index contributed by atoms with van der Waals surface area (Å²) in [6.45, 7) is 6.90. The Bertz CT molecular complexity index is 578. The second-order valence-electron chi connectivity index (χ2n) is 4.03. The molecule has 0 saturated carbocycles. The molecule has 3 nitrogen and oxygen atoms in total. The third kappa shape index (κ3) is 2.96. The first-order valence-corrected chi connectivity index (χ1v) is 6.99.